The Labute approximate surface area is 95.0 Å². The van der Waals surface area contributed by atoms with Gasteiger partial charge in [0.2, 0.25) is 0 Å². The zero-order chi connectivity index (χ0) is 11.7. The molecule has 0 bridgehead atoms. The Hall–Kier alpha value is -1.36. The van der Waals surface area contributed by atoms with Gasteiger partial charge in [0.1, 0.15) is 5.69 Å². The quantitative estimate of drug-likeness (QED) is 0.766. The van der Waals surface area contributed by atoms with Crippen LogP contribution in [0.1, 0.15) is 30.4 Å². The molecule has 1 aromatic rings. The van der Waals surface area contributed by atoms with Crippen LogP contribution in [-0.2, 0) is 4.74 Å². The van der Waals surface area contributed by atoms with Crippen molar-refractivity contribution in [2.24, 2.45) is 0 Å². The molecule has 2 heterocycles. The van der Waals surface area contributed by atoms with Crippen molar-refractivity contribution in [3.8, 4) is 0 Å². The van der Waals surface area contributed by atoms with Crippen molar-refractivity contribution < 1.29 is 9.53 Å². The van der Waals surface area contributed by atoms with E-state index in [1.165, 1.54) is 0 Å². The molecule has 0 radical (unpaired) electrons. The number of hydrogen-bond acceptors (Lipinski definition) is 3. The predicted octanol–water partition coefficient (Wildman–Crippen LogP) is 0.935. The molecule has 0 unspecified atom stereocenters. The smallest absolute Gasteiger partial charge is 0.274 e. The SMILES string of the molecule is CC(C)n1ccc(C(=O)N(C)C2COC2)n1. The van der Waals surface area contributed by atoms with Crippen LogP contribution in [-0.4, -0.2) is 46.9 Å². The molecule has 0 N–H and O–H groups in total. The van der Waals surface area contributed by atoms with E-state index < -0.39 is 0 Å². The molecule has 0 aliphatic carbocycles. The Bertz CT molecular complexity index is 382. The molecule has 16 heavy (non-hydrogen) atoms. The minimum absolute atomic E-state index is 0.0345. The lowest BCUT2D eigenvalue weighted by Gasteiger charge is -2.34. The lowest BCUT2D eigenvalue weighted by Crippen LogP contribution is -2.49. The fourth-order valence-corrected chi connectivity index (χ4v) is 1.53. The summed E-state index contributed by atoms with van der Waals surface area (Å²) in [4.78, 5) is 13.7. The molecule has 5 nitrogen and oxygen atoms in total. The summed E-state index contributed by atoms with van der Waals surface area (Å²) in [5, 5.41) is 4.26. The third-order valence-corrected chi connectivity index (χ3v) is 2.85. The number of hydrogen-bond donors (Lipinski definition) is 0. The van der Waals surface area contributed by atoms with Crippen molar-refractivity contribution in [3.05, 3.63) is 18.0 Å². The summed E-state index contributed by atoms with van der Waals surface area (Å²) in [5.74, 6) is -0.0345. The highest BCUT2D eigenvalue weighted by atomic mass is 16.5. The molecule has 1 aliphatic rings. The standard InChI is InChI=1S/C11H17N3O2/c1-8(2)14-5-4-10(12-14)11(15)13(3)9-6-16-7-9/h4-5,8-9H,6-7H2,1-3H3. The second-order valence-electron chi connectivity index (χ2n) is 4.38. The van der Waals surface area contributed by atoms with E-state index in [1.54, 1.807) is 22.7 Å². The number of carbonyl (C=O) groups is 1. The summed E-state index contributed by atoms with van der Waals surface area (Å²) in [6.45, 7) is 5.33. The van der Waals surface area contributed by atoms with Crippen molar-refractivity contribution >= 4 is 5.91 Å². The Morgan fingerprint density at radius 3 is 2.75 bits per heavy atom. The van der Waals surface area contributed by atoms with E-state index in [-0.39, 0.29) is 18.0 Å². The van der Waals surface area contributed by atoms with E-state index in [2.05, 4.69) is 5.10 Å². The first kappa shape index (κ1) is 11.1. The van der Waals surface area contributed by atoms with Crippen LogP contribution in [0.2, 0.25) is 0 Å². The van der Waals surface area contributed by atoms with Gasteiger partial charge in [0.05, 0.1) is 19.3 Å². The summed E-state index contributed by atoms with van der Waals surface area (Å²) in [7, 11) is 1.80. The van der Waals surface area contributed by atoms with E-state index in [1.807, 2.05) is 20.0 Å². The normalized spacial score (nSPS) is 16.2. The first-order valence-corrected chi connectivity index (χ1v) is 5.49. The lowest BCUT2D eigenvalue weighted by atomic mass is 10.2. The highest BCUT2D eigenvalue weighted by Gasteiger charge is 2.28. The number of rotatable bonds is 3. The fourth-order valence-electron chi connectivity index (χ4n) is 1.53. The maximum Gasteiger partial charge on any atom is 0.274 e. The molecule has 1 saturated heterocycles. The third-order valence-electron chi connectivity index (χ3n) is 2.85. The monoisotopic (exact) mass is 223 g/mol. The molecule has 0 atom stereocenters. The fraction of sp³-hybridized carbons (Fsp3) is 0.636. The minimum atomic E-state index is -0.0345. The molecule has 1 aliphatic heterocycles. The van der Waals surface area contributed by atoms with Gasteiger partial charge in [0.15, 0.2) is 0 Å². The number of aromatic nitrogens is 2. The second kappa shape index (κ2) is 4.25. The highest BCUT2D eigenvalue weighted by Crippen LogP contribution is 2.12. The number of carbonyl (C=O) groups excluding carboxylic acids is 1. The molecule has 2 rings (SSSR count). The van der Waals surface area contributed by atoms with E-state index in [0.29, 0.717) is 18.9 Å². The molecule has 0 spiro atoms. The largest absolute Gasteiger partial charge is 0.377 e. The van der Waals surface area contributed by atoms with Gasteiger partial charge in [-0.1, -0.05) is 0 Å². The van der Waals surface area contributed by atoms with Gasteiger partial charge in [-0.05, 0) is 19.9 Å². The van der Waals surface area contributed by atoms with Crippen molar-refractivity contribution in [2.75, 3.05) is 20.3 Å². The van der Waals surface area contributed by atoms with E-state index in [0.717, 1.165) is 0 Å². The molecule has 1 fully saturated rings. The Morgan fingerprint density at radius 1 is 1.62 bits per heavy atom. The van der Waals surface area contributed by atoms with Gasteiger partial charge in [-0.2, -0.15) is 5.10 Å². The van der Waals surface area contributed by atoms with Gasteiger partial charge in [0, 0.05) is 19.3 Å². The van der Waals surface area contributed by atoms with Crippen LogP contribution >= 0.6 is 0 Å². The zero-order valence-electron chi connectivity index (χ0n) is 9.88. The van der Waals surface area contributed by atoms with Crippen molar-refractivity contribution in [3.63, 3.8) is 0 Å². The van der Waals surface area contributed by atoms with Crippen LogP contribution < -0.4 is 0 Å². The summed E-state index contributed by atoms with van der Waals surface area (Å²) >= 11 is 0. The summed E-state index contributed by atoms with van der Waals surface area (Å²) < 4.78 is 6.86. The predicted molar refractivity (Wildman–Crippen MR) is 59.3 cm³/mol. The van der Waals surface area contributed by atoms with Crippen molar-refractivity contribution in [1.29, 1.82) is 0 Å². The number of amides is 1. The second-order valence-corrected chi connectivity index (χ2v) is 4.38. The first-order valence-electron chi connectivity index (χ1n) is 5.49. The lowest BCUT2D eigenvalue weighted by molar-refractivity contribution is -0.0469. The van der Waals surface area contributed by atoms with Crippen LogP contribution in [0, 0.1) is 0 Å². The van der Waals surface area contributed by atoms with Crippen LogP contribution in [0.4, 0.5) is 0 Å². The van der Waals surface area contributed by atoms with Gasteiger partial charge in [-0.3, -0.25) is 9.48 Å². The maximum absolute atomic E-state index is 12.0. The Morgan fingerprint density at radius 2 is 2.31 bits per heavy atom. The average molecular weight is 223 g/mol. The number of nitrogens with zero attached hydrogens (tertiary/aromatic N) is 3. The van der Waals surface area contributed by atoms with E-state index in [9.17, 15) is 4.79 Å². The van der Waals surface area contributed by atoms with Crippen LogP contribution in [0.15, 0.2) is 12.3 Å². The summed E-state index contributed by atoms with van der Waals surface area (Å²) in [5.41, 5.74) is 0.503. The van der Waals surface area contributed by atoms with Crippen molar-refractivity contribution in [2.45, 2.75) is 25.9 Å². The first-order chi connectivity index (χ1) is 7.59. The van der Waals surface area contributed by atoms with E-state index in [4.69, 9.17) is 4.74 Å². The van der Waals surface area contributed by atoms with Gasteiger partial charge in [-0.25, -0.2) is 0 Å². The van der Waals surface area contributed by atoms with E-state index >= 15 is 0 Å². The van der Waals surface area contributed by atoms with Crippen LogP contribution in [0.3, 0.4) is 0 Å². The molecule has 88 valence electrons. The molecule has 1 amide bonds. The molecular formula is C11H17N3O2. The van der Waals surface area contributed by atoms with Gasteiger partial charge in [0.25, 0.3) is 5.91 Å². The average Bonchev–Trinajstić information content (AvgIpc) is 2.62. The van der Waals surface area contributed by atoms with Crippen molar-refractivity contribution in [1.82, 2.24) is 14.7 Å². The molecule has 5 heteroatoms. The van der Waals surface area contributed by atoms with Crippen LogP contribution in [0.5, 0.6) is 0 Å². The molecule has 1 aromatic heterocycles. The summed E-state index contributed by atoms with van der Waals surface area (Å²) in [6.07, 6.45) is 1.84. The Balaban J connectivity index is 2.07. The summed E-state index contributed by atoms with van der Waals surface area (Å²) in [6, 6.07) is 2.24. The maximum atomic E-state index is 12.0. The minimum Gasteiger partial charge on any atom is -0.377 e. The van der Waals surface area contributed by atoms with Crippen LogP contribution in [0.25, 0.3) is 0 Å². The zero-order valence-corrected chi connectivity index (χ0v) is 9.88. The van der Waals surface area contributed by atoms with Gasteiger partial charge in [-0.15, -0.1) is 0 Å². The Kier molecular flexibility index (Phi) is 2.96. The molecule has 0 aromatic carbocycles. The van der Waals surface area contributed by atoms with Gasteiger partial charge >= 0.3 is 0 Å². The number of likely N-dealkylation sites (N-methyl/N-ethyl adjacent to an activating group) is 1. The molecular weight excluding hydrogens is 206 g/mol. The number of ether oxygens (including phenoxy) is 1. The topological polar surface area (TPSA) is 47.4 Å². The highest BCUT2D eigenvalue weighted by molar-refractivity contribution is 5.92. The van der Waals surface area contributed by atoms with Gasteiger partial charge < -0.3 is 9.64 Å². The third kappa shape index (κ3) is 1.95. The molecule has 0 saturated carbocycles.